The van der Waals surface area contributed by atoms with Crippen LogP contribution < -0.4 is 0 Å². The topological polar surface area (TPSA) is 36.4 Å². The number of hydrogen-bond donors (Lipinski definition) is 1. The average Bonchev–Trinajstić information content (AvgIpc) is 2.39. The van der Waals surface area contributed by atoms with Gasteiger partial charge >= 0.3 is 0 Å². The molecule has 0 spiro atoms. The fourth-order valence-electron chi connectivity index (χ4n) is 2.04. The van der Waals surface area contributed by atoms with Crippen LogP contribution >= 0.6 is 0 Å². The Hall–Kier alpha value is -1.71. The fraction of sp³-hybridized carbons (Fsp3) is 0.267. The second-order valence-corrected chi connectivity index (χ2v) is 4.28. The van der Waals surface area contributed by atoms with Gasteiger partial charge in [-0.15, -0.1) is 6.58 Å². The summed E-state index contributed by atoms with van der Waals surface area (Å²) in [4.78, 5) is 6.46. The van der Waals surface area contributed by atoms with Crippen molar-refractivity contribution in [2.24, 2.45) is 0 Å². The molecular formula is C15H18N2O. The van der Waals surface area contributed by atoms with Crippen molar-refractivity contribution in [2.45, 2.75) is 6.54 Å². The zero-order chi connectivity index (χ0) is 12.8. The maximum atomic E-state index is 9.03. The van der Waals surface area contributed by atoms with Gasteiger partial charge in [0.25, 0.3) is 0 Å². The maximum absolute atomic E-state index is 9.03. The van der Waals surface area contributed by atoms with Crippen molar-refractivity contribution < 1.29 is 5.11 Å². The third-order valence-corrected chi connectivity index (χ3v) is 2.88. The van der Waals surface area contributed by atoms with Crippen molar-refractivity contribution >= 4 is 10.9 Å². The van der Waals surface area contributed by atoms with Crippen molar-refractivity contribution in [3.8, 4) is 0 Å². The molecule has 0 saturated heterocycles. The number of rotatable bonds is 6. The molecule has 0 bridgehead atoms. The van der Waals surface area contributed by atoms with E-state index >= 15 is 0 Å². The van der Waals surface area contributed by atoms with Crippen LogP contribution in [0.2, 0.25) is 0 Å². The van der Waals surface area contributed by atoms with Gasteiger partial charge in [0.1, 0.15) is 0 Å². The molecule has 0 fully saturated rings. The van der Waals surface area contributed by atoms with E-state index in [0.29, 0.717) is 6.54 Å². The van der Waals surface area contributed by atoms with Gasteiger partial charge in [-0.1, -0.05) is 18.2 Å². The standard InChI is InChI=1S/C15H18N2O/c1-2-8-17(9-10-18)12-13-5-6-15-14(11-13)4-3-7-16-15/h2-7,11,18H,1,8-10,12H2. The quantitative estimate of drug-likeness (QED) is 0.789. The molecule has 0 unspecified atom stereocenters. The number of aliphatic hydroxyl groups is 1. The Morgan fingerprint density at radius 3 is 3.00 bits per heavy atom. The van der Waals surface area contributed by atoms with E-state index in [9.17, 15) is 0 Å². The van der Waals surface area contributed by atoms with E-state index in [-0.39, 0.29) is 6.61 Å². The molecule has 0 aliphatic carbocycles. The number of aromatic nitrogens is 1. The third-order valence-electron chi connectivity index (χ3n) is 2.88. The fourth-order valence-corrected chi connectivity index (χ4v) is 2.04. The minimum atomic E-state index is 0.170. The molecule has 1 aromatic heterocycles. The molecule has 3 nitrogen and oxygen atoms in total. The highest BCUT2D eigenvalue weighted by Crippen LogP contribution is 2.14. The average molecular weight is 242 g/mol. The van der Waals surface area contributed by atoms with Crippen molar-refractivity contribution in [1.29, 1.82) is 0 Å². The summed E-state index contributed by atoms with van der Waals surface area (Å²) in [5.74, 6) is 0. The van der Waals surface area contributed by atoms with Crippen molar-refractivity contribution in [1.82, 2.24) is 9.88 Å². The highest BCUT2D eigenvalue weighted by molar-refractivity contribution is 5.78. The Balaban J connectivity index is 2.17. The lowest BCUT2D eigenvalue weighted by molar-refractivity contribution is 0.203. The molecule has 2 rings (SSSR count). The van der Waals surface area contributed by atoms with Crippen LogP contribution in [0.4, 0.5) is 0 Å². The zero-order valence-electron chi connectivity index (χ0n) is 10.4. The molecule has 0 saturated carbocycles. The summed E-state index contributed by atoms with van der Waals surface area (Å²) in [5.41, 5.74) is 2.24. The van der Waals surface area contributed by atoms with Gasteiger partial charge in [0.05, 0.1) is 12.1 Å². The summed E-state index contributed by atoms with van der Waals surface area (Å²) in [6.07, 6.45) is 3.66. The molecule has 18 heavy (non-hydrogen) atoms. The number of pyridine rings is 1. The van der Waals surface area contributed by atoms with E-state index in [1.54, 1.807) is 6.20 Å². The Kier molecular flexibility index (Phi) is 4.45. The van der Waals surface area contributed by atoms with E-state index in [0.717, 1.165) is 24.0 Å². The first-order chi connectivity index (χ1) is 8.83. The summed E-state index contributed by atoms with van der Waals surface area (Å²) in [5, 5.41) is 10.2. The van der Waals surface area contributed by atoms with Gasteiger partial charge in [0.15, 0.2) is 0 Å². The summed E-state index contributed by atoms with van der Waals surface area (Å²) >= 11 is 0. The normalized spacial score (nSPS) is 11.0. The molecule has 0 aliphatic heterocycles. The number of fused-ring (bicyclic) bond motifs is 1. The molecular weight excluding hydrogens is 224 g/mol. The Morgan fingerprint density at radius 2 is 2.22 bits per heavy atom. The summed E-state index contributed by atoms with van der Waals surface area (Å²) in [6, 6.07) is 10.3. The van der Waals surface area contributed by atoms with Crippen molar-refractivity contribution in [2.75, 3.05) is 19.7 Å². The van der Waals surface area contributed by atoms with Crippen LogP contribution in [-0.4, -0.2) is 34.7 Å². The first-order valence-corrected chi connectivity index (χ1v) is 6.11. The van der Waals surface area contributed by atoms with E-state index in [1.807, 2.05) is 18.2 Å². The van der Waals surface area contributed by atoms with E-state index in [2.05, 4.69) is 34.7 Å². The van der Waals surface area contributed by atoms with Crippen molar-refractivity contribution in [3.05, 3.63) is 54.7 Å². The lowest BCUT2D eigenvalue weighted by Gasteiger charge is -2.19. The van der Waals surface area contributed by atoms with Crippen LogP contribution in [-0.2, 0) is 6.54 Å². The van der Waals surface area contributed by atoms with Gasteiger partial charge in [-0.3, -0.25) is 9.88 Å². The zero-order valence-corrected chi connectivity index (χ0v) is 10.4. The highest BCUT2D eigenvalue weighted by Gasteiger charge is 2.04. The Bertz CT molecular complexity index is 525. The van der Waals surface area contributed by atoms with Gasteiger partial charge in [-0.2, -0.15) is 0 Å². The predicted octanol–water partition coefficient (Wildman–Crippen LogP) is 2.22. The van der Waals surface area contributed by atoms with Gasteiger partial charge in [0, 0.05) is 31.2 Å². The van der Waals surface area contributed by atoms with Gasteiger partial charge in [-0.25, -0.2) is 0 Å². The summed E-state index contributed by atoms with van der Waals surface area (Å²) in [7, 11) is 0. The van der Waals surface area contributed by atoms with Gasteiger partial charge < -0.3 is 5.11 Å². The second kappa shape index (κ2) is 6.28. The van der Waals surface area contributed by atoms with Crippen LogP contribution in [0.5, 0.6) is 0 Å². The molecule has 1 heterocycles. The van der Waals surface area contributed by atoms with E-state index < -0.39 is 0 Å². The lowest BCUT2D eigenvalue weighted by Crippen LogP contribution is -2.26. The largest absolute Gasteiger partial charge is 0.395 e. The maximum Gasteiger partial charge on any atom is 0.0702 e. The third kappa shape index (κ3) is 3.15. The molecule has 1 N–H and O–H groups in total. The number of nitrogens with zero attached hydrogens (tertiary/aromatic N) is 2. The van der Waals surface area contributed by atoms with Crippen LogP contribution in [0.15, 0.2) is 49.2 Å². The van der Waals surface area contributed by atoms with E-state index in [4.69, 9.17) is 5.11 Å². The molecule has 0 aliphatic rings. The molecule has 0 atom stereocenters. The monoisotopic (exact) mass is 242 g/mol. The first kappa shape index (κ1) is 12.7. The summed E-state index contributed by atoms with van der Waals surface area (Å²) in [6.45, 7) is 6.17. The molecule has 2 aromatic rings. The number of benzene rings is 1. The molecule has 0 radical (unpaired) electrons. The minimum Gasteiger partial charge on any atom is -0.395 e. The number of aliphatic hydroxyl groups excluding tert-OH is 1. The van der Waals surface area contributed by atoms with Crippen LogP contribution in [0.3, 0.4) is 0 Å². The summed E-state index contributed by atoms with van der Waals surface area (Å²) < 4.78 is 0. The first-order valence-electron chi connectivity index (χ1n) is 6.11. The van der Waals surface area contributed by atoms with Crippen LogP contribution in [0, 0.1) is 0 Å². The van der Waals surface area contributed by atoms with Crippen LogP contribution in [0.25, 0.3) is 10.9 Å². The lowest BCUT2D eigenvalue weighted by atomic mass is 10.1. The van der Waals surface area contributed by atoms with E-state index in [1.165, 1.54) is 5.56 Å². The van der Waals surface area contributed by atoms with Gasteiger partial charge in [0.2, 0.25) is 0 Å². The predicted molar refractivity (Wildman–Crippen MR) is 74.3 cm³/mol. The molecule has 3 heteroatoms. The Labute approximate surface area is 107 Å². The minimum absolute atomic E-state index is 0.170. The smallest absolute Gasteiger partial charge is 0.0702 e. The van der Waals surface area contributed by atoms with Crippen LogP contribution in [0.1, 0.15) is 5.56 Å². The molecule has 0 amide bonds. The molecule has 1 aromatic carbocycles. The van der Waals surface area contributed by atoms with Crippen molar-refractivity contribution in [3.63, 3.8) is 0 Å². The highest BCUT2D eigenvalue weighted by atomic mass is 16.3. The second-order valence-electron chi connectivity index (χ2n) is 4.28. The SMILES string of the molecule is C=CCN(CCO)Cc1ccc2ncccc2c1. The van der Waals surface area contributed by atoms with Gasteiger partial charge in [-0.05, 0) is 23.8 Å². The molecule has 94 valence electrons. The number of hydrogen-bond acceptors (Lipinski definition) is 3. The Morgan fingerprint density at radius 1 is 1.33 bits per heavy atom.